The van der Waals surface area contributed by atoms with Crippen LogP contribution >= 0.6 is 0 Å². The molecule has 0 N–H and O–H groups in total. The maximum Gasteiger partial charge on any atom is 0.153 e. The molecule has 0 spiro atoms. The van der Waals surface area contributed by atoms with Gasteiger partial charge in [0.15, 0.2) is 6.23 Å². The highest BCUT2D eigenvalue weighted by Crippen LogP contribution is 2.38. The van der Waals surface area contributed by atoms with Gasteiger partial charge in [0.25, 0.3) is 0 Å². The summed E-state index contributed by atoms with van der Waals surface area (Å²) in [6, 6.07) is 10.2. The predicted molar refractivity (Wildman–Crippen MR) is 76.3 cm³/mol. The van der Waals surface area contributed by atoms with Gasteiger partial charge in [0.2, 0.25) is 0 Å². The van der Waals surface area contributed by atoms with Crippen molar-refractivity contribution in [2.24, 2.45) is 0 Å². The normalized spacial score (nSPS) is 27.3. The van der Waals surface area contributed by atoms with E-state index in [-0.39, 0.29) is 0 Å². The van der Waals surface area contributed by atoms with Crippen LogP contribution in [0.1, 0.15) is 50.5 Å². The molecule has 0 saturated heterocycles. The number of nitrogens with zero attached hydrogens (tertiary/aromatic N) is 1. The van der Waals surface area contributed by atoms with Crippen LogP contribution < -0.4 is 4.74 Å². The fourth-order valence-corrected chi connectivity index (χ4v) is 3.66. The Morgan fingerprint density at radius 1 is 0.895 bits per heavy atom. The van der Waals surface area contributed by atoms with Gasteiger partial charge in [-0.15, -0.1) is 0 Å². The molecule has 19 heavy (non-hydrogen) atoms. The van der Waals surface area contributed by atoms with Crippen molar-refractivity contribution in [3.05, 3.63) is 29.8 Å². The van der Waals surface area contributed by atoms with Gasteiger partial charge in [0, 0.05) is 18.5 Å². The van der Waals surface area contributed by atoms with Gasteiger partial charge < -0.3 is 4.74 Å². The number of fused-ring (bicyclic) bond motifs is 1. The second-order valence-electron chi connectivity index (χ2n) is 6.34. The van der Waals surface area contributed by atoms with Crippen LogP contribution in [0.4, 0.5) is 0 Å². The van der Waals surface area contributed by atoms with Crippen molar-refractivity contribution < 1.29 is 4.74 Å². The molecule has 2 heteroatoms. The molecule has 0 radical (unpaired) electrons. The van der Waals surface area contributed by atoms with E-state index in [2.05, 4.69) is 29.2 Å². The summed E-state index contributed by atoms with van der Waals surface area (Å²) in [6.45, 7) is 0. The first-order valence-corrected chi connectivity index (χ1v) is 7.94. The van der Waals surface area contributed by atoms with E-state index in [1.54, 1.807) is 0 Å². The number of aryl methyl sites for hydroxylation is 1. The Morgan fingerprint density at radius 2 is 1.58 bits per heavy atom. The first-order valence-electron chi connectivity index (χ1n) is 7.94. The molecule has 3 aliphatic rings. The number of hydrogen-bond acceptors (Lipinski definition) is 2. The minimum atomic E-state index is 0.338. The lowest BCUT2D eigenvalue weighted by molar-refractivity contribution is -0.0865. The summed E-state index contributed by atoms with van der Waals surface area (Å²) in [4.78, 5) is 2.74. The predicted octanol–water partition coefficient (Wildman–Crippen LogP) is 3.74. The molecule has 0 amide bonds. The molecule has 1 aromatic carbocycles. The molecule has 1 aliphatic heterocycles. The van der Waals surface area contributed by atoms with Crippen molar-refractivity contribution in [1.29, 1.82) is 0 Å². The van der Waals surface area contributed by atoms with Crippen molar-refractivity contribution in [3.8, 4) is 5.75 Å². The molecule has 1 heterocycles. The summed E-state index contributed by atoms with van der Waals surface area (Å²) in [6.07, 6.45) is 11.1. The quantitative estimate of drug-likeness (QED) is 0.818. The zero-order valence-corrected chi connectivity index (χ0v) is 11.6. The van der Waals surface area contributed by atoms with Crippen LogP contribution in [0.3, 0.4) is 0 Å². The van der Waals surface area contributed by atoms with Crippen LogP contribution in [0.5, 0.6) is 5.75 Å². The maximum atomic E-state index is 6.33. The van der Waals surface area contributed by atoms with Crippen LogP contribution in [-0.2, 0) is 6.42 Å². The van der Waals surface area contributed by atoms with Crippen molar-refractivity contribution in [1.82, 2.24) is 4.90 Å². The minimum Gasteiger partial charge on any atom is -0.475 e. The molecule has 2 aliphatic carbocycles. The second-order valence-corrected chi connectivity index (χ2v) is 6.34. The van der Waals surface area contributed by atoms with Gasteiger partial charge in [-0.25, -0.2) is 0 Å². The van der Waals surface area contributed by atoms with E-state index in [4.69, 9.17) is 4.74 Å². The number of ether oxygens (including phenoxy) is 1. The highest BCUT2D eigenvalue weighted by atomic mass is 16.5. The van der Waals surface area contributed by atoms with Gasteiger partial charge >= 0.3 is 0 Å². The van der Waals surface area contributed by atoms with Crippen molar-refractivity contribution in [2.45, 2.75) is 69.7 Å². The lowest BCUT2D eigenvalue weighted by Gasteiger charge is -2.50. The minimum absolute atomic E-state index is 0.338. The van der Waals surface area contributed by atoms with Gasteiger partial charge in [0.1, 0.15) is 5.75 Å². The number of benzene rings is 1. The van der Waals surface area contributed by atoms with Gasteiger partial charge in [0.05, 0.1) is 0 Å². The zero-order valence-electron chi connectivity index (χ0n) is 11.6. The van der Waals surface area contributed by atoms with E-state index >= 15 is 0 Å². The first-order chi connectivity index (χ1) is 9.42. The SMILES string of the molecule is c1ccc2c(c1)CCC(N(C1CCC1)C1CCC1)O2. The van der Waals surface area contributed by atoms with Crippen LogP contribution in [-0.4, -0.2) is 23.2 Å². The third kappa shape index (κ3) is 2.06. The largest absolute Gasteiger partial charge is 0.475 e. The topological polar surface area (TPSA) is 12.5 Å². The fourth-order valence-electron chi connectivity index (χ4n) is 3.66. The lowest BCUT2D eigenvalue weighted by Crippen LogP contribution is -2.57. The highest BCUT2D eigenvalue weighted by Gasteiger charge is 2.40. The highest BCUT2D eigenvalue weighted by molar-refractivity contribution is 5.35. The van der Waals surface area contributed by atoms with E-state index in [0.29, 0.717) is 6.23 Å². The van der Waals surface area contributed by atoms with Crippen LogP contribution in [0.2, 0.25) is 0 Å². The maximum absolute atomic E-state index is 6.33. The fraction of sp³-hybridized carbons (Fsp3) is 0.647. The molecular weight excluding hydrogens is 234 g/mol. The Kier molecular flexibility index (Phi) is 2.99. The first kappa shape index (κ1) is 11.8. The van der Waals surface area contributed by atoms with Crippen LogP contribution in [0.25, 0.3) is 0 Å². The molecule has 2 saturated carbocycles. The summed E-state index contributed by atoms with van der Waals surface area (Å²) in [5.74, 6) is 1.13. The molecule has 4 rings (SSSR count). The van der Waals surface area contributed by atoms with Crippen molar-refractivity contribution in [3.63, 3.8) is 0 Å². The Bertz CT molecular complexity index is 436. The molecule has 1 unspecified atom stereocenters. The molecule has 2 fully saturated rings. The third-order valence-electron chi connectivity index (χ3n) is 5.22. The van der Waals surface area contributed by atoms with E-state index in [0.717, 1.165) is 17.8 Å². The van der Waals surface area contributed by atoms with Crippen molar-refractivity contribution in [2.75, 3.05) is 0 Å². The van der Waals surface area contributed by atoms with Gasteiger partial charge in [-0.2, -0.15) is 0 Å². The monoisotopic (exact) mass is 257 g/mol. The standard InChI is InChI=1S/C17H23NO/c1-2-10-16-13(5-1)11-12-17(19-16)18(14-6-3-7-14)15-8-4-9-15/h1-2,5,10,14-15,17H,3-4,6-9,11-12H2. The summed E-state index contributed by atoms with van der Waals surface area (Å²) in [5.41, 5.74) is 1.39. The van der Waals surface area contributed by atoms with E-state index in [9.17, 15) is 0 Å². The average Bonchev–Trinajstić information content (AvgIpc) is 2.33. The van der Waals surface area contributed by atoms with Gasteiger partial charge in [-0.3, -0.25) is 4.90 Å². The summed E-state index contributed by atoms with van der Waals surface area (Å²) in [7, 11) is 0. The summed E-state index contributed by atoms with van der Waals surface area (Å²) in [5, 5.41) is 0. The number of hydrogen-bond donors (Lipinski definition) is 0. The average molecular weight is 257 g/mol. The zero-order chi connectivity index (χ0) is 12.7. The Hall–Kier alpha value is -1.02. The molecular formula is C17H23NO. The van der Waals surface area contributed by atoms with Crippen molar-refractivity contribution >= 4 is 0 Å². The molecule has 0 aromatic heterocycles. The van der Waals surface area contributed by atoms with E-state index in [1.807, 2.05) is 0 Å². The van der Waals surface area contributed by atoms with Crippen LogP contribution in [0.15, 0.2) is 24.3 Å². The number of para-hydroxylation sites is 1. The molecule has 0 bridgehead atoms. The Morgan fingerprint density at radius 3 is 2.21 bits per heavy atom. The van der Waals surface area contributed by atoms with Gasteiger partial charge in [-0.1, -0.05) is 31.0 Å². The Labute approximate surface area is 115 Å². The van der Waals surface area contributed by atoms with Crippen LogP contribution in [0, 0.1) is 0 Å². The third-order valence-corrected chi connectivity index (χ3v) is 5.22. The van der Waals surface area contributed by atoms with E-state index < -0.39 is 0 Å². The molecule has 1 atom stereocenters. The van der Waals surface area contributed by atoms with Gasteiger partial charge in [-0.05, 0) is 43.7 Å². The second kappa shape index (κ2) is 4.82. The van der Waals surface area contributed by atoms with E-state index in [1.165, 1.54) is 56.9 Å². The smallest absolute Gasteiger partial charge is 0.153 e. The summed E-state index contributed by atoms with van der Waals surface area (Å²) < 4.78 is 6.33. The lowest BCUT2D eigenvalue weighted by atomic mass is 9.83. The molecule has 1 aromatic rings. The Balaban J connectivity index is 1.54. The number of rotatable bonds is 3. The summed E-state index contributed by atoms with van der Waals surface area (Å²) >= 11 is 0. The molecule has 102 valence electrons. The molecule has 2 nitrogen and oxygen atoms in total.